The average Bonchev–Trinajstić information content (AvgIpc) is 4.22. The Balaban J connectivity index is 0.818. The topological polar surface area (TPSA) is 191 Å². The lowest BCUT2D eigenvalue weighted by molar-refractivity contribution is -0.192. The van der Waals surface area contributed by atoms with Crippen LogP contribution in [0.25, 0.3) is 0 Å². The molecule has 16 nitrogen and oxygen atoms in total. The molecule has 5 aliphatic carbocycles. The molecule has 3 amide bonds. The van der Waals surface area contributed by atoms with Gasteiger partial charge >= 0.3 is 17.9 Å². The van der Waals surface area contributed by atoms with Gasteiger partial charge in [-0.1, -0.05) is 70.4 Å². The zero-order valence-corrected chi connectivity index (χ0v) is 43.3. The quantitative estimate of drug-likeness (QED) is 0.0869. The Hall–Kier alpha value is -3.60. The Kier molecular flexibility index (Phi) is 15.6. The number of hydrogen-bond donors (Lipinski definition) is 2. The molecular formula is C57H84N4O12. The summed E-state index contributed by atoms with van der Waals surface area (Å²) in [6.45, 7) is 4.81. The zero-order valence-electron chi connectivity index (χ0n) is 43.3. The van der Waals surface area contributed by atoms with Gasteiger partial charge in [-0.05, 0) is 132 Å². The number of ether oxygens (including phenoxy) is 5. The van der Waals surface area contributed by atoms with E-state index in [0.717, 1.165) is 128 Å². The summed E-state index contributed by atoms with van der Waals surface area (Å²) in [5, 5.41) is 12.9. The second kappa shape index (κ2) is 22.2. The van der Waals surface area contributed by atoms with Crippen molar-refractivity contribution in [3.8, 4) is 0 Å². The summed E-state index contributed by atoms with van der Waals surface area (Å²) in [5.41, 5.74) is -1.16. The number of cyclic esters (lactones) is 1. The average molecular weight is 1020 g/mol. The number of rotatable bonds is 15. The number of aliphatic hydroxyl groups excluding tert-OH is 1. The summed E-state index contributed by atoms with van der Waals surface area (Å²) < 4.78 is 31.4. The minimum atomic E-state index is -1.16. The number of amides is 3. The van der Waals surface area contributed by atoms with Gasteiger partial charge < -0.3 is 43.9 Å². The van der Waals surface area contributed by atoms with Crippen molar-refractivity contribution in [2.24, 2.45) is 46.8 Å². The molecule has 2 N–H and O–H groups in total. The van der Waals surface area contributed by atoms with Gasteiger partial charge in [0, 0.05) is 24.7 Å². The lowest BCUT2D eigenvalue weighted by atomic mass is 9.57. The molecule has 11 aliphatic rings. The minimum absolute atomic E-state index is 0.00325. The van der Waals surface area contributed by atoms with Crippen molar-refractivity contribution in [3.63, 3.8) is 0 Å². The minimum Gasteiger partial charge on any atom is -0.463 e. The van der Waals surface area contributed by atoms with Gasteiger partial charge in [-0.3, -0.25) is 33.7 Å². The van der Waals surface area contributed by atoms with E-state index < -0.39 is 53.4 Å². The number of nitrogens with zero attached hydrogens (tertiary/aromatic N) is 3. The Morgan fingerprint density at radius 2 is 1.38 bits per heavy atom. The summed E-state index contributed by atoms with van der Waals surface area (Å²) in [7, 11) is 0. The van der Waals surface area contributed by atoms with Gasteiger partial charge in [-0.2, -0.15) is 0 Å². The van der Waals surface area contributed by atoms with E-state index in [-0.39, 0.29) is 129 Å². The molecular weight excluding hydrogens is 933 g/mol. The molecule has 11 fully saturated rings. The van der Waals surface area contributed by atoms with Gasteiger partial charge in [0.15, 0.2) is 0 Å². The predicted molar refractivity (Wildman–Crippen MR) is 266 cm³/mol. The van der Waals surface area contributed by atoms with Gasteiger partial charge in [0.25, 0.3) is 0 Å². The number of nitrogens with one attached hydrogen (secondary N) is 1. The molecule has 11 rings (SSSR count). The van der Waals surface area contributed by atoms with E-state index in [4.69, 9.17) is 23.7 Å². The molecule has 404 valence electrons. The molecule has 1 spiro atoms. The monoisotopic (exact) mass is 1020 g/mol. The molecule has 0 bridgehead atoms. The molecule has 14 atom stereocenters. The SMILES string of the molecule is C=CCOC(=O)[C@H]1[C@@H]2C(=O)O[C@@H](C3CCCCC3)[C@@H](C3CCCCC3)N2[C@@H](C2CCC(OCCOC(=O)[C@H]3C[C@H]4C(=O)N5CCC[C@H]5C(=O)N4[C@H]3C3CCCC(OCCO)C3)CC2)[C@]12C(=O)NC1CCCCC12. The molecule has 6 aliphatic heterocycles. The number of hydrogen-bond acceptors (Lipinski definition) is 13. The first-order valence-electron chi connectivity index (χ1n) is 29.3. The molecule has 0 radical (unpaired) electrons. The van der Waals surface area contributed by atoms with Gasteiger partial charge in [-0.25, -0.2) is 0 Å². The van der Waals surface area contributed by atoms with E-state index >= 15 is 9.59 Å². The van der Waals surface area contributed by atoms with Crippen LogP contribution in [-0.4, -0.2) is 156 Å². The first kappa shape index (κ1) is 51.5. The van der Waals surface area contributed by atoms with Crippen LogP contribution in [0.3, 0.4) is 0 Å². The number of fused-ring (bicyclic) bond motifs is 5. The van der Waals surface area contributed by atoms with Gasteiger partial charge in [0.05, 0.1) is 55.3 Å². The Morgan fingerprint density at radius 3 is 2.14 bits per heavy atom. The lowest BCUT2D eigenvalue weighted by Gasteiger charge is -2.54. The van der Waals surface area contributed by atoms with E-state index in [1.807, 2.05) is 0 Å². The highest BCUT2D eigenvalue weighted by molar-refractivity contribution is 5.99. The van der Waals surface area contributed by atoms with E-state index in [1.165, 1.54) is 12.8 Å². The maximum absolute atomic E-state index is 15.4. The fraction of sp³-hybridized carbons (Fsp3) is 0.860. The van der Waals surface area contributed by atoms with Crippen molar-refractivity contribution in [1.29, 1.82) is 0 Å². The molecule has 5 saturated carbocycles. The number of aliphatic hydroxyl groups is 1. The second-order valence-electron chi connectivity index (χ2n) is 24.3. The molecule has 0 aromatic carbocycles. The third kappa shape index (κ3) is 9.27. The molecule has 16 heteroatoms. The summed E-state index contributed by atoms with van der Waals surface area (Å²) in [6.07, 6.45) is 23.5. The lowest BCUT2D eigenvalue weighted by Crippen LogP contribution is -2.66. The van der Waals surface area contributed by atoms with Crippen molar-refractivity contribution in [1.82, 2.24) is 20.0 Å². The number of esters is 3. The van der Waals surface area contributed by atoms with Crippen molar-refractivity contribution < 1.29 is 57.6 Å². The molecule has 6 heterocycles. The summed E-state index contributed by atoms with van der Waals surface area (Å²) in [4.78, 5) is 93.7. The van der Waals surface area contributed by atoms with Crippen LogP contribution in [0.1, 0.15) is 161 Å². The predicted octanol–water partition coefficient (Wildman–Crippen LogP) is 5.79. The highest BCUT2D eigenvalue weighted by Crippen LogP contribution is 2.64. The van der Waals surface area contributed by atoms with Crippen LogP contribution in [0.2, 0.25) is 0 Å². The fourth-order valence-corrected chi connectivity index (χ4v) is 17.9. The maximum atomic E-state index is 15.4. The largest absolute Gasteiger partial charge is 0.463 e. The van der Waals surface area contributed by atoms with Crippen LogP contribution in [0.15, 0.2) is 12.7 Å². The third-order valence-corrected chi connectivity index (χ3v) is 20.7. The Bertz CT molecular complexity index is 2050. The van der Waals surface area contributed by atoms with Crippen molar-refractivity contribution >= 4 is 35.6 Å². The molecule has 0 aromatic rings. The maximum Gasteiger partial charge on any atom is 0.324 e. The van der Waals surface area contributed by atoms with Crippen LogP contribution in [0.4, 0.5) is 0 Å². The summed E-state index contributed by atoms with van der Waals surface area (Å²) in [6, 6.07) is -3.02. The molecule has 6 saturated heterocycles. The van der Waals surface area contributed by atoms with E-state index in [0.29, 0.717) is 19.4 Å². The van der Waals surface area contributed by atoms with Crippen molar-refractivity contribution in [3.05, 3.63) is 12.7 Å². The fourth-order valence-electron chi connectivity index (χ4n) is 17.9. The van der Waals surface area contributed by atoms with Crippen LogP contribution in [0.5, 0.6) is 0 Å². The first-order chi connectivity index (χ1) is 35.6. The van der Waals surface area contributed by atoms with Gasteiger partial charge in [-0.15, -0.1) is 0 Å². The number of carbonyl (C=O) groups is 6. The Labute approximate surface area is 432 Å². The van der Waals surface area contributed by atoms with Gasteiger partial charge in [0.1, 0.15) is 37.4 Å². The third-order valence-electron chi connectivity index (χ3n) is 20.7. The first-order valence-corrected chi connectivity index (χ1v) is 29.3. The van der Waals surface area contributed by atoms with Crippen molar-refractivity contribution in [2.45, 2.75) is 221 Å². The standard InChI is InChI=1S/C57H84N4O12/c1-2-28-71-54(66)45-48-55(67)73-49(35-15-7-4-8-16-35)47(34-13-5-3-6-14-34)61(48)50(57(45)41-19-9-10-20-42(41)58-56(57)68)36-22-24-38(25-23-36)70-30-31-72-53(65)40-33-44-51(63)59-26-12-21-43(59)52(64)60(44)46(40)37-17-11-18-39(32-37)69-29-27-62/h2,34-50,62H,1,3-33H2,(H,58,68)/t36?,37?,38?,39?,40-,41?,42?,43-,44-,45+,46-,47+,48+,49-,50-,57+/m0/s1. The number of morpholine rings is 1. The normalized spacial score (nSPS) is 41.2. The zero-order chi connectivity index (χ0) is 50.4. The van der Waals surface area contributed by atoms with E-state index in [2.05, 4.69) is 16.8 Å². The summed E-state index contributed by atoms with van der Waals surface area (Å²) >= 11 is 0. The van der Waals surface area contributed by atoms with E-state index in [1.54, 1.807) is 15.9 Å². The van der Waals surface area contributed by atoms with Crippen LogP contribution < -0.4 is 5.32 Å². The van der Waals surface area contributed by atoms with Crippen LogP contribution in [-0.2, 0) is 52.5 Å². The Morgan fingerprint density at radius 1 is 0.671 bits per heavy atom. The highest BCUT2D eigenvalue weighted by Gasteiger charge is 2.78. The van der Waals surface area contributed by atoms with Crippen molar-refractivity contribution in [2.75, 3.05) is 39.6 Å². The smallest absolute Gasteiger partial charge is 0.324 e. The second-order valence-corrected chi connectivity index (χ2v) is 24.3. The van der Waals surface area contributed by atoms with Crippen LogP contribution >= 0.6 is 0 Å². The molecule has 73 heavy (non-hydrogen) atoms. The number of piperazine rings is 1. The van der Waals surface area contributed by atoms with E-state index in [9.17, 15) is 24.3 Å². The number of carbonyl (C=O) groups excluding carboxylic acids is 6. The van der Waals surface area contributed by atoms with Gasteiger partial charge in [0.2, 0.25) is 17.7 Å². The molecule has 4 unspecified atom stereocenters. The van der Waals surface area contributed by atoms with Crippen LogP contribution in [0, 0.1) is 46.8 Å². The molecule has 0 aromatic heterocycles. The highest BCUT2D eigenvalue weighted by atomic mass is 16.6. The summed E-state index contributed by atoms with van der Waals surface area (Å²) in [5.74, 6) is -2.71.